The third-order valence-electron chi connectivity index (χ3n) is 2.85. The number of aliphatic carboxylic acids is 1. The Bertz CT molecular complexity index is 555. The van der Waals surface area contributed by atoms with E-state index in [-0.39, 0.29) is 6.54 Å². The molecule has 1 aromatic carbocycles. The third-order valence-corrected chi connectivity index (χ3v) is 2.85. The van der Waals surface area contributed by atoms with E-state index in [1.807, 2.05) is 37.3 Å². The van der Waals surface area contributed by atoms with E-state index in [1.165, 1.54) is 0 Å². The second kappa shape index (κ2) is 6.65. The molecule has 0 aliphatic carbocycles. The number of carboxylic acids is 1. The van der Waals surface area contributed by atoms with Gasteiger partial charge in [-0.25, -0.2) is 4.98 Å². The van der Waals surface area contributed by atoms with Crippen LogP contribution in [0.3, 0.4) is 0 Å². The summed E-state index contributed by atoms with van der Waals surface area (Å²) >= 11 is 0. The van der Waals surface area contributed by atoms with Gasteiger partial charge in [0.15, 0.2) is 0 Å². The number of carboxylic acid groups (broad SMARTS) is 1. The van der Waals surface area contributed by atoms with Crippen molar-refractivity contribution in [3.05, 3.63) is 42.7 Å². The van der Waals surface area contributed by atoms with Gasteiger partial charge in [0.1, 0.15) is 12.4 Å². The van der Waals surface area contributed by atoms with Gasteiger partial charge in [-0.15, -0.1) is 0 Å². The highest BCUT2D eigenvalue weighted by Gasteiger charge is 2.11. The molecule has 2 rings (SSSR count). The zero-order valence-corrected chi connectivity index (χ0v) is 11.4. The molecule has 0 unspecified atom stereocenters. The van der Waals surface area contributed by atoms with Crippen LogP contribution in [0.25, 0.3) is 11.3 Å². The van der Waals surface area contributed by atoms with Crippen molar-refractivity contribution >= 4 is 11.8 Å². The molecule has 0 bridgehead atoms. The van der Waals surface area contributed by atoms with Gasteiger partial charge in [0.05, 0.1) is 18.1 Å². The summed E-state index contributed by atoms with van der Waals surface area (Å²) in [5, 5.41) is 8.91. The Morgan fingerprint density at radius 3 is 2.50 bits per heavy atom. The van der Waals surface area contributed by atoms with Crippen LogP contribution < -0.4 is 4.90 Å². The first-order valence-electron chi connectivity index (χ1n) is 6.55. The van der Waals surface area contributed by atoms with Gasteiger partial charge in [-0.2, -0.15) is 0 Å². The number of carbonyl (C=O) groups is 1. The molecule has 0 radical (unpaired) electrons. The van der Waals surface area contributed by atoms with Crippen molar-refractivity contribution in [1.29, 1.82) is 0 Å². The van der Waals surface area contributed by atoms with Crippen molar-refractivity contribution in [1.82, 2.24) is 9.97 Å². The average molecular weight is 271 g/mol. The summed E-state index contributed by atoms with van der Waals surface area (Å²) in [6, 6.07) is 9.76. The van der Waals surface area contributed by atoms with Crippen molar-refractivity contribution in [3.8, 4) is 11.3 Å². The molecular weight excluding hydrogens is 254 g/mol. The average Bonchev–Trinajstić information content (AvgIpc) is 2.47. The predicted molar refractivity (Wildman–Crippen MR) is 77.6 cm³/mol. The molecule has 0 spiro atoms. The summed E-state index contributed by atoms with van der Waals surface area (Å²) in [7, 11) is 0. The van der Waals surface area contributed by atoms with Crippen molar-refractivity contribution in [3.63, 3.8) is 0 Å². The van der Waals surface area contributed by atoms with Crippen LogP contribution in [0.2, 0.25) is 0 Å². The zero-order valence-electron chi connectivity index (χ0n) is 11.4. The van der Waals surface area contributed by atoms with Crippen LogP contribution in [-0.4, -0.2) is 34.1 Å². The van der Waals surface area contributed by atoms with E-state index in [1.54, 1.807) is 17.3 Å². The fourth-order valence-corrected chi connectivity index (χ4v) is 1.95. The minimum atomic E-state index is -0.868. The lowest BCUT2D eigenvalue weighted by Crippen LogP contribution is -2.31. The molecule has 0 aliphatic heterocycles. The lowest BCUT2D eigenvalue weighted by atomic mass is 10.2. The van der Waals surface area contributed by atoms with Crippen molar-refractivity contribution < 1.29 is 9.90 Å². The molecule has 20 heavy (non-hydrogen) atoms. The number of nitrogens with zero attached hydrogens (tertiary/aromatic N) is 3. The number of rotatable bonds is 6. The van der Waals surface area contributed by atoms with Crippen LogP contribution in [-0.2, 0) is 4.79 Å². The highest BCUT2D eigenvalue weighted by Crippen LogP contribution is 2.17. The maximum Gasteiger partial charge on any atom is 0.323 e. The fraction of sp³-hybridized carbons (Fsp3) is 0.267. The normalized spacial score (nSPS) is 10.2. The van der Waals surface area contributed by atoms with Crippen molar-refractivity contribution in [2.45, 2.75) is 13.3 Å². The van der Waals surface area contributed by atoms with E-state index in [2.05, 4.69) is 9.97 Å². The van der Waals surface area contributed by atoms with Crippen LogP contribution >= 0.6 is 0 Å². The van der Waals surface area contributed by atoms with E-state index in [9.17, 15) is 4.79 Å². The molecule has 0 aliphatic rings. The summed E-state index contributed by atoms with van der Waals surface area (Å²) in [5.74, 6) is -0.277. The number of aromatic nitrogens is 2. The number of hydrogen-bond acceptors (Lipinski definition) is 4. The van der Waals surface area contributed by atoms with Gasteiger partial charge in [-0.3, -0.25) is 9.78 Å². The minimum absolute atomic E-state index is 0.0623. The van der Waals surface area contributed by atoms with Gasteiger partial charge in [0.2, 0.25) is 0 Å². The largest absolute Gasteiger partial charge is 0.480 e. The first kappa shape index (κ1) is 14.0. The standard InChI is InChI=1S/C15H17N3O2/c1-2-8-18(11-15(19)20)14-10-16-13(9-17-14)12-6-4-3-5-7-12/h3-7,9-10H,2,8,11H2,1H3,(H,19,20). The van der Waals surface area contributed by atoms with E-state index in [0.717, 1.165) is 17.7 Å². The Hall–Kier alpha value is -2.43. The number of hydrogen-bond donors (Lipinski definition) is 1. The van der Waals surface area contributed by atoms with E-state index >= 15 is 0 Å². The highest BCUT2D eigenvalue weighted by atomic mass is 16.4. The van der Waals surface area contributed by atoms with Gasteiger partial charge >= 0.3 is 5.97 Å². The first-order valence-corrected chi connectivity index (χ1v) is 6.55. The van der Waals surface area contributed by atoms with Gasteiger partial charge in [-0.05, 0) is 6.42 Å². The Labute approximate surface area is 117 Å². The summed E-state index contributed by atoms with van der Waals surface area (Å²) in [6.07, 6.45) is 4.16. The molecule has 104 valence electrons. The number of anilines is 1. The van der Waals surface area contributed by atoms with Gasteiger partial charge in [-0.1, -0.05) is 37.3 Å². The lowest BCUT2D eigenvalue weighted by molar-refractivity contribution is -0.135. The molecule has 1 heterocycles. The summed E-state index contributed by atoms with van der Waals surface area (Å²) in [5.41, 5.74) is 1.77. The van der Waals surface area contributed by atoms with E-state index in [4.69, 9.17) is 5.11 Å². The van der Waals surface area contributed by atoms with Crippen molar-refractivity contribution in [2.24, 2.45) is 0 Å². The molecule has 2 aromatic rings. The topological polar surface area (TPSA) is 66.3 Å². The minimum Gasteiger partial charge on any atom is -0.480 e. The van der Waals surface area contributed by atoms with Crippen molar-refractivity contribution in [2.75, 3.05) is 18.0 Å². The quantitative estimate of drug-likeness (QED) is 0.874. The predicted octanol–water partition coefficient (Wildman–Crippen LogP) is 2.44. The van der Waals surface area contributed by atoms with Crippen LogP contribution in [0.1, 0.15) is 13.3 Å². The molecule has 0 saturated heterocycles. The van der Waals surface area contributed by atoms with Gasteiger partial charge < -0.3 is 10.0 Å². The molecule has 0 saturated carbocycles. The van der Waals surface area contributed by atoms with Crippen LogP contribution in [0.15, 0.2) is 42.7 Å². The van der Waals surface area contributed by atoms with E-state index < -0.39 is 5.97 Å². The maximum atomic E-state index is 10.9. The molecule has 1 N–H and O–H groups in total. The smallest absolute Gasteiger partial charge is 0.323 e. The van der Waals surface area contributed by atoms with Crippen LogP contribution in [0.5, 0.6) is 0 Å². The monoisotopic (exact) mass is 271 g/mol. The Morgan fingerprint density at radius 1 is 1.20 bits per heavy atom. The van der Waals surface area contributed by atoms with E-state index in [0.29, 0.717) is 12.4 Å². The SMILES string of the molecule is CCCN(CC(=O)O)c1cnc(-c2ccccc2)cn1. The molecule has 5 nitrogen and oxygen atoms in total. The molecule has 0 atom stereocenters. The second-order valence-electron chi connectivity index (χ2n) is 4.44. The maximum absolute atomic E-state index is 10.9. The zero-order chi connectivity index (χ0) is 14.4. The molecule has 0 fully saturated rings. The Balaban J connectivity index is 2.19. The molecule has 0 amide bonds. The van der Waals surface area contributed by atoms with Crippen LogP contribution in [0.4, 0.5) is 5.82 Å². The molecular formula is C15H17N3O2. The number of benzene rings is 1. The molecule has 1 aromatic heterocycles. The van der Waals surface area contributed by atoms with Gasteiger partial charge in [0.25, 0.3) is 0 Å². The summed E-state index contributed by atoms with van der Waals surface area (Å²) in [4.78, 5) is 21.3. The summed E-state index contributed by atoms with van der Waals surface area (Å²) in [6.45, 7) is 2.58. The van der Waals surface area contributed by atoms with Crippen LogP contribution in [0, 0.1) is 0 Å². The van der Waals surface area contributed by atoms with Gasteiger partial charge in [0, 0.05) is 12.1 Å². The third kappa shape index (κ3) is 3.54. The Morgan fingerprint density at radius 2 is 1.95 bits per heavy atom. The highest BCUT2D eigenvalue weighted by molar-refractivity contribution is 5.73. The lowest BCUT2D eigenvalue weighted by Gasteiger charge is -2.20. The molecule has 5 heteroatoms. The second-order valence-corrected chi connectivity index (χ2v) is 4.44. The Kier molecular flexibility index (Phi) is 4.65. The summed E-state index contributed by atoms with van der Waals surface area (Å²) < 4.78 is 0. The first-order chi connectivity index (χ1) is 9.70. The fourth-order valence-electron chi connectivity index (χ4n) is 1.95.